The molecule has 0 aromatic carbocycles. The average Bonchev–Trinajstić information content (AvgIpc) is 2.72. The number of ether oxygens (including phenoxy) is 1. The highest BCUT2D eigenvalue weighted by molar-refractivity contribution is 5.75. The molecule has 1 fully saturated rings. The van der Waals surface area contributed by atoms with E-state index >= 15 is 0 Å². The van der Waals surface area contributed by atoms with Crippen LogP contribution in [0.3, 0.4) is 0 Å². The van der Waals surface area contributed by atoms with Crippen molar-refractivity contribution in [2.75, 3.05) is 12.3 Å². The SMILES string of the molecule is Cc1cn([C@H]2C[C@](C)(C(=O)O)[C@@H](CO)O2)c(=O)nc1N. The summed E-state index contributed by atoms with van der Waals surface area (Å²) in [5.74, 6) is -0.948. The van der Waals surface area contributed by atoms with Crippen LogP contribution in [-0.4, -0.2) is 38.4 Å². The number of aromatic nitrogens is 2. The molecule has 0 aliphatic carbocycles. The predicted molar refractivity (Wildman–Crippen MR) is 69.0 cm³/mol. The number of anilines is 1. The van der Waals surface area contributed by atoms with Gasteiger partial charge in [0.1, 0.15) is 12.0 Å². The smallest absolute Gasteiger partial charge is 0.351 e. The van der Waals surface area contributed by atoms with Crippen molar-refractivity contribution in [1.82, 2.24) is 9.55 Å². The van der Waals surface area contributed by atoms with E-state index in [1.165, 1.54) is 17.7 Å². The lowest BCUT2D eigenvalue weighted by atomic mass is 9.83. The highest BCUT2D eigenvalue weighted by atomic mass is 16.5. The van der Waals surface area contributed by atoms with Gasteiger partial charge in [-0.2, -0.15) is 4.98 Å². The third kappa shape index (κ3) is 2.16. The Labute approximate surface area is 114 Å². The molecule has 2 heterocycles. The summed E-state index contributed by atoms with van der Waals surface area (Å²) in [6, 6.07) is 0. The minimum atomic E-state index is -1.26. The van der Waals surface area contributed by atoms with E-state index in [-0.39, 0.29) is 12.2 Å². The number of carbonyl (C=O) groups is 1. The number of carboxylic acids is 1. The first-order valence-electron chi connectivity index (χ1n) is 6.14. The standard InChI is InChI=1S/C12H17N3O5/c1-6-4-15(11(19)14-9(6)13)8-3-12(2,10(17)18)7(5-16)20-8/h4,7-8,16H,3,5H2,1-2H3,(H,17,18)(H2,13,14,19)/t7-,8-,12+/m1/s1. The Morgan fingerprint density at radius 2 is 2.35 bits per heavy atom. The van der Waals surface area contributed by atoms with Crippen LogP contribution in [0.4, 0.5) is 5.82 Å². The molecule has 3 atom stereocenters. The molecule has 0 radical (unpaired) electrons. The van der Waals surface area contributed by atoms with E-state index in [1.54, 1.807) is 6.92 Å². The van der Waals surface area contributed by atoms with Crippen molar-refractivity contribution in [3.63, 3.8) is 0 Å². The number of aliphatic hydroxyl groups excluding tert-OH is 1. The fraction of sp³-hybridized carbons (Fsp3) is 0.583. The van der Waals surface area contributed by atoms with E-state index in [0.29, 0.717) is 5.56 Å². The van der Waals surface area contributed by atoms with E-state index in [2.05, 4.69) is 4.98 Å². The van der Waals surface area contributed by atoms with E-state index in [0.717, 1.165) is 0 Å². The predicted octanol–water partition coefficient (Wildman–Crippen LogP) is -0.495. The van der Waals surface area contributed by atoms with Crippen LogP contribution in [0.1, 0.15) is 25.1 Å². The first kappa shape index (κ1) is 14.5. The number of nitrogens with zero attached hydrogens (tertiary/aromatic N) is 2. The van der Waals surface area contributed by atoms with Crippen molar-refractivity contribution in [1.29, 1.82) is 0 Å². The van der Waals surface area contributed by atoms with Crippen molar-refractivity contribution in [2.45, 2.75) is 32.6 Å². The summed E-state index contributed by atoms with van der Waals surface area (Å²) in [4.78, 5) is 26.9. The lowest BCUT2D eigenvalue weighted by Crippen LogP contribution is -2.38. The molecule has 1 aromatic rings. The Hall–Kier alpha value is -1.93. The summed E-state index contributed by atoms with van der Waals surface area (Å²) in [5.41, 5.74) is 4.28. The third-order valence-corrected chi connectivity index (χ3v) is 3.77. The number of carboxylic acid groups (broad SMARTS) is 1. The maximum absolute atomic E-state index is 11.8. The molecule has 1 saturated heterocycles. The first-order chi connectivity index (χ1) is 9.29. The average molecular weight is 283 g/mol. The highest BCUT2D eigenvalue weighted by Crippen LogP contribution is 2.42. The Morgan fingerprint density at radius 3 is 2.85 bits per heavy atom. The third-order valence-electron chi connectivity index (χ3n) is 3.77. The zero-order valence-corrected chi connectivity index (χ0v) is 11.2. The number of aliphatic carboxylic acids is 1. The zero-order valence-electron chi connectivity index (χ0n) is 11.2. The Kier molecular flexibility index (Phi) is 3.53. The summed E-state index contributed by atoms with van der Waals surface area (Å²) in [7, 11) is 0. The van der Waals surface area contributed by atoms with Gasteiger partial charge in [0.2, 0.25) is 0 Å². The maximum atomic E-state index is 11.8. The fourth-order valence-electron chi connectivity index (χ4n) is 2.30. The summed E-state index contributed by atoms with van der Waals surface area (Å²) in [6.07, 6.45) is -0.113. The van der Waals surface area contributed by atoms with E-state index in [4.69, 9.17) is 10.5 Å². The molecule has 1 aliphatic rings. The lowest BCUT2D eigenvalue weighted by Gasteiger charge is -2.22. The van der Waals surface area contributed by atoms with Crippen LogP contribution in [-0.2, 0) is 9.53 Å². The maximum Gasteiger partial charge on any atom is 0.351 e. The molecule has 1 aromatic heterocycles. The lowest BCUT2D eigenvalue weighted by molar-refractivity contribution is -0.152. The molecule has 0 bridgehead atoms. The van der Waals surface area contributed by atoms with Crippen LogP contribution in [0.2, 0.25) is 0 Å². The van der Waals surface area contributed by atoms with E-state index < -0.39 is 36.0 Å². The number of aryl methyl sites for hydroxylation is 1. The molecular weight excluding hydrogens is 266 g/mol. The van der Waals surface area contributed by atoms with Crippen LogP contribution in [0.25, 0.3) is 0 Å². The second-order valence-electron chi connectivity index (χ2n) is 5.19. The van der Waals surface area contributed by atoms with Crippen molar-refractivity contribution in [3.05, 3.63) is 22.2 Å². The molecule has 1 aliphatic heterocycles. The highest BCUT2D eigenvalue weighted by Gasteiger charge is 2.51. The van der Waals surface area contributed by atoms with Gasteiger partial charge in [0.15, 0.2) is 0 Å². The van der Waals surface area contributed by atoms with Gasteiger partial charge in [0.05, 0.1) is 18.1 Å². The molecule has 8 nitrogen and oxygen atoms in total. The molecule has 0 amide bonds. The van der Waals surface area contributed by atoms with Gasteiger partial charge in [0.25, 0.3) is 0 Å². The molecular formula is C12H17N3O5. The number of nitrogen functional groups attached to an aromatic ring is 1. The summed E-state index contributed by atoms with van der Waals surface area (Å²) in [5, 5.41) is 18.6. The Bertz CT molecular complexity index is 599. The van der Waals surface area contributed by atoms with Crippen LogP contribution < -0.4 is 11.4 Å². The van der Waals surface area contributed by atoms with Crippen LogP contribution in [0.15, 0.2) is 11.0 Å². The largest absolute Gasteiger partial charge is 0.481 e. The van der Waals surface area contributed by atoms with Gasteiger partial charge in [0, 0.05) is 18.2 Å². The second kappa shape index (κ2) is 4.88. The molecule has 110 valence electrons. The number of rotatable bonds is 3. The Balaban J connectivity index is 2.40. The van der Waals surface area contributed by atoms with Crippen molar-refractivity contribution in [3.8, 4) is 0 Å². The zero-order chi connectivity index (χ0) is 15.1. The number of hydrogen-bond acceptors (Lipinski definition) is 6. The normalized spacial score (nSPS) is 29.6. The molecule has 0 saturated carbocycles. The minimum Gasteiger partial charge on any atom is -0.481 e. The number of hydrogen-bond donors (Lipinski definition) is 3. The van der Waals surface area contributed by atoms with Crippen molar-refractivity contribution in [2.24, 2.45) is 5.41 Å². The molecule has 20 heavy (non-hydrogen) atoms. The quantitative estimate of drug-likeness (QED) is 0.682. The van der Waals surface area contributed by atoms with Gasteiger partial charge in [-0.1, -0.05) is 0 Å². The number of nitrogens with two attached hydrogens (primary N) is 1. The molecule has 2 rings (SSSR count). The van der Waals surface area contributed by atoms with Gasteiger partial charge < -0.3 is 20.7 Å². The molecule has 0 spiro atoms. The van der Waals surface area contributed by atoms with Gasteiger partial charge in [-0.05, 0) is 13.8 Å². The topological polar surface area (TPSA) is 128 Å². The van der Waals surface area contributed by atoms with E-state index in [9.17, 15) is 19.8 Å². The summed E-state index contributed by atoms with van der Waals surface area (Å²) in [6.45, 7) is 2.74. The van der Waals surface area contributed by atoms with Crippen LogP contribution in [0, 0.1) is 12.3 Å². The van der Waals surface area contributed by atoms with E-state index in [1.807, 2.05) is 0 Å². The van der Waals surface area contributed by atoms with Crippen LogP contribution in [0.5, 0.6) is 0 Å². The number of aliphatic hydroxyl groups is 1. The van der Waals surface area contributed by atoms with Crippen molar-refractivity contribution >= 4 is 11.8 Å². The summed E-state index contributed by atoms with van der Waals surface area (Å²) < 4.78 is 6.71. The second-order valence-corrected chi connectivity index (χ2v) is 5.19. The van der Waals surface area contributed by atoms with Gasteiger partial charge in [-0.25, -0.2) is 4.79 Å². The minimum absolute atomic E-state index is 0.0680. The summed E-state index contributed by atoms with van der Waals surface area (Å²) >= 11 is 0. The van der Waals surface area contributed by atoms with Crippen molar-refractivity contribution < 1.29 is 19.7 Å². The molecule has 0 unspecified atom stereocenters. The molecule has 4 N–H and O–H groups in total. The van der Waals surface area contributed by atoms with Crippen LogP contribution >= 0.6 is 0 Å². The fourth-order valence-corrected chi connectivity index (χ4v) is 2.30. The van der Waals surface area contributed by atoms with Gasteiger partial charge >= 0.3 is 11.7 Å². The molecule has 8 heteroatoms. The Morgan fingerprint density at radius 1 is 1.70 bits per heavy atom. The van der Waals surface area contributed by atoms with Gasteiger partial charge in [-0.15, -0.1) is 0 Å². The van der Waals surface area contributed by atoms with Gasteiger partial charge in [-0.3, -0.25) is 9.36 Å². The first-order valence-corrected chi connectivity index (χ1v) is 6.14. The monoisotopic (exact) mass is 283 g/mol.